The number of fused-ring (bicyclic) bond motifs is 14. The number of para-hydroxylation sites is 7. The summed E-state index contributed by atoms with van der Waals surface area (Å²) in [6.07, 6.45) is 0. The highest BCUT2D eigenvalue weighted by atomic mass is 16.3. The summed E-state index contributed by atoms with van der Waals surface area (Å²) in [6, 6.07) is 75.4. The number of hydrogen-bond acceptors (Lipinski definition) is 6. The zero-order chi connectivity index (χ0) is 43.9. The summed E-state index contributed by atoms with van der Waals surface area (Å²) in [7, 11) is 0. The minimum atomic E-state index is -0.172. The highest BCUT2D eigenvalue weighted by Crippen LogP contribution is 2.58. The summed E-state index contributed by atoms with van der Waals surface area (Å²) in [6.45, 7) is -0.344. The summed E-state index contributed by atoms with van der Waals surface area (Å²) >= 11 is 0. The van der Waals surface area contributed by atoms with Crippen LogP contribution in [0.25, 0.3) is 43.9 Å². The summed E-state index contributed by atoms with van der Waals surface area (Å²) in [4.78, 5) is 10.2. The maximum absolute atomic E-state index is 7.15. The molecule has 2 aromatic heterocycles. The number of nitrogens with zero attached hydrogens (tertiary/aromatic N) is 4. The van der Waals surface area contributed by atoms with E-state index in [9.17, 15) is 0 Å². The molecule has 312 valence electrons. The molecule has 0 saturated heterocycles. The minimum absolute atomic E-state index is 0.172. The van der Waals surface area contributed by atoms with Crippen molar-refractivity contribution in [2.45, 2.75) is 0 Å². The first-order chi connectivity index (χ1) is 33.8. The van der Waals surface area contributed by atoms with Crippen molar-refractivity contribution in [1.82, 2.24) is 0 Å². The van der Waals surface area contributed by atoms with Crippen molar-refractivity contribution in [2.24, 2.45) is 0 Å². The van der Waals surface area contributed by atoms with Gasteiger partial charge in [0.05, 0.1) is 22.7 Å². The fraction of sp³-hybridized carbons (Fsp3) is 0. The molecule has 0 amide bonds. The third-order valence-corrected chi connectivity index (χ3v) is 15.5. The quantitative estimate of drug-likeness (QED) is 0.165. The van der Waals surface area contributed by atoms with E-state index in [-0.39, 0.29) is 13.4 Å². The second-order valence-corrected chi connectivity index (χ2v) is 18.7. The number of furan rings is 2. The molecule has 5 aliphatic rings. The maximum Gasteiger partial charge on any atom is 0.257 e. The highest BCUT2D eigenvalue weighted by molar-refractivity contribution is 7.06. The SMILES string of the molecule is c1ccc(N2c3cccc4c3N3c5c(cccc52)B2c5c(cc6c(c53)B4c3c(ccc4c3oc3ccccc34)N6c3ccccc3)N(c3ccccc3)c3ccc4c(oc5ccccc54)c32)cc1. The van der Waals surface area contributed by atoms with Gasteiger partial charge in [-0.1, -0.05) is 115 Å². The Morgan fingerprint density at radius 2 is 0.691 bits per heavy atom. The molecular weight excluding hydrogens is 830 g/mol. The van der Waals surface area contributed by atoms with Crippen LogP contribution in [0.4, 0.5) is 68.2 Å². The standard InChI is InChI=1S/C60H34B2N4O2/c1-4-16-35(17-5-1)63-44-32-30-40-38-22-10-12-28-50(38)67-59(40)54(44)61-42-24-14-26-46-56(42)66-57-43(25-15-27-47(57)65(46)37-20-8-3-9-21-37)62-53-49(34-48(63)52(61)58(53)66)64(36-18-6-2-7-19-36)45-33-31-41-39-23-11-13-29-51(39)68-60(41)55(45)62/h1-34H. The zero-order valence-corrected chi connectivity index (χ0v) is 36.4. The van der Waals surface area contributed by atoms with Crippen LogP contribution in [-0.2, 0) is 0 Å². The molecule has 0 saturated carbocycles. The molecule has 68 heavy (non-hydrogen) atoms. The van der Waals surface area contributed by atoms with Crippen molar-refractivity contribution in [3.05, 3.63) is 206 Å². The molecular formula is C60H34B2N4O2. The normalized spacial score (nSPS) is 14.3. The molecule has 0 bridgehead atoms. The molecule has 5 aliphatic heterocycles. The Bertz CT molecular complexity index is 3960. The molecule has 6 nitrogen and oxygen atoms in total. The first-order valence-corrected chi connectivity index (χ1v) is 23.5. The smallest absolute Gasteiger partial charge is 0.257 e. The van der Waals surface area contributed by atoms with Crippen molar-refractivity contribution in [2.75, 3.05) is 19.6 Å². The molecule has 10 aromatic carbocycles. The van der Waals surface area contributed by atoms with Crippen LogP contribution in [0.2, 0.25) is 0 Å². The molecule has 12 aromatic rings. The fourth-order valence-corrected chi connectivity index (χ4v) is 13.0. The second kappa shape index (κ2) is 12.5. The van der Waals surface area contributed by atoms with Crippen LogP contribution in [0.5, 0.6) is 0 Å². The Morgan fingerprint density at radius 1 is 0.279 bits per heavy atom. The van der Waals surface area contributed by atoms with Gasteiger partial charge < -0.3 is 28.4 Å². The van der Waals surface area contributed by atoms with Crippen LogP contribution in [0, 0.1) is 0 Å². The summed E-state index contributed by atoms with van der Waals surface area (Å²) in [5.74, 6) is 0. The highest BCUT2D eigenvalue weighted by Gasteiger charge is 2.55. The molecule has 0 spiro atoms. The number of anilines is 12. The van der Waals surface area contributed by atoms with E-state index in [0.29, 0.717) is 0 Å². The van der Waals surface area contributed by atoms with E-state index in [1.165, 1.54) is 49.8 Å². The Labute approximate surface area is 391 Å². The summed E-state index contributed by atoms with van der Waals surface area (Å²) in [5, 5.41) is 4.51. The van der Waals surface area contributed by atoms with Gasteiger partial charge in [0.1, 0.15) is 22.3 Å². The van der Waals surface area contributed by atoms with Gasteiger partial charge in [-0.25, -0.2) is 0 Å². The van der Waals surface area contributed by atoms with Crippen LogP contribution in [0.3, 0.4) is 0 Å². The lowest BCUT2D eigenvalue weighted by atomic mass is 9.28. The third kappa shape index (κ3) is 4.20. The average Bonchev–Trinajstić information content (AvgIpc) is 3.98. The molecule has 7 heterocycles. The molecule has 0 aliphatic carbocycles. The molecule has 17 rings (SSSR count). The number of hydrogen-bond donors (Lipinski definition) is 0. The zero-order valence-electron chi connectivity index (χ0n) is 36.4. The molecule has 0 N–H and O–H groups in total. The van der Waals surface area contributed by atoms with Crippen LogP contribution in [0.1, 0.15) is 0 Å². The summed E-state index contributed by atoms with van der Waals surface area (Å²) < 4.78 is 14.3. The Morgan fingerprint density at radius 3 is 1.15 bits per heavy atom. The lowest BCUT2D eigenvalue weighted by Crippen LogP contribution is -2.69. The van der Waals surface area contributed by atoms with Crippen LogP contribution < -0.4 is 52.4 Å². The largest absolute Gasteiger partial charge is 0.457 e. The van der Waals surface area contributed by atoms with E-state index < -0.39 is 0 Å². The maximum atomic E-state index is 7.15. The third-order valence-electron chi connectivity index (χ3n) is 15.5. The van der Waals surface area contributed by atoms with E-state index in [1.807, 2.05) is 0 Å². The first-order valence-electron chi connectivity index (χ1n) is 23.5. The van der Waals surface area contributed by atoms with Crippen LogP contribution in [-0.4, -0.2) is 13.4 Å². The van der Waals surface area contributed by atoms with Gasteiger partial charge in [-0.2, -0.15) is 0 Å². The van der Waals surface area contributed by atoms with Gasteiger partial charge in [-0.05, 0) is 124 Å². The Hall–Kier alpha value is -8.87. The lowest BCUT2D eigenvalue weighted by Gasteiger charge is -2.54. The summed E-state index contributed by atoms with van der Waals surface area (Å²) in [5.41, 5.74) is 24.9. The van der Waals surface area contributed by atoms with Gasteiger partial charge in [0.15, 0.2) is 0 Å². The van der Waals surface area contributed by atoms with Crippen molar-refractivity contribution in [1.29, 1.82) is 0 Å². The molecule has 0 atom stereocenters. The molecule has 0 fully saturated rings. The van der Waals surface area contributed by atoms with Gasteiger partial charge >= 0.3 is 0 Å². The molecule has 8 heteroatoms. The van der Waals surface area contributed by atoms with Crippen molar-refractivity contribution in [3.63, 3.8) is 0 Å². The topological polar surface area (TPSA) is 39.2 Å². The van der Waals surface area contributed by atoms with E-state index in [1.54, 1.807) is 0 Å². The van der Waals surface area contributed by atoms with Gasteiger partial charge in [-0.3, -0.25) is 0 Å². The van der Waals surface area contributed by atoms with Crippen molar-refractivity contribution >= 4 is 158 Å². The van der Waals surface area contributed by atoms with Crippen LogP contribution in [0.15, 0.2) is 215 Å². The lowest BCUT2D eigenvalue weighted by molar-refractivity contribution is 0.671. The van der Waals surface area contributed by atoms with E-state index >= 15 is 0 Å². The molecule has 0 radical (unpaired) electrons. The average molecular weight is 865 g/mol. The predicted octanol–water partition coefficient (Wildman–Crippen LogP) is 12.0. The fourth-order valence-electron chi connectivity index (χ4n) is 13.0. The second-order valence-electron chi connectivity index (χ2n) is 18.7. The van der Waals surface area contributed by atoms with Crippen LogP contribution >= 0.6 is 0 Å². The number of benzene rings is 10. The number of rotatable bonds is 3. The Balaban J connectivity index is 1.10. The van der Waals surface area contributed by atoms with Crippen molar-refractivity contribution < 1.29 is 8.83 Å². The van der Waals surface area contributed by atoms with E-state index in [4.69, 9.17) is 8.83 Å². The molecule has 0 unspecified atom stereocenters. The van der Waals surface area contributed by atoms with E-state index in [2.05, 4.69) is 226 Å². The minimum Gasteiger partial charge on any atom is -0.457 e. The van der Waals surface area contributed by atoms with Crippen molar-refractivity contribution in [3.8, 4) is 0 Å². The van der Waals surface area contributed by atoms with Gasteiger partial charge in [0, 0.05) is 67.0 Å². The van der Waals surface area contributed by atoms with Gasteiger partial charge in [-0.15, -0.1) is 0 Å². The van der Waals surface area contributed by atoms with E-state index in [0.717, 1.165) is 95.1 Å². The van der Waals surface area contributed by atoms with Gasteiger partial charge in [0.25, 0.3) is 13.4 Å². The monoisotopic (exact) mass is 864 g/mol. The first kappa shape index (κ1) is 35.4. The Kier molecular flexibility index (Phi) is 6.51. The predicted molar refractivity (Wildman–Crippen MR) is 283 cm³/mol. The van der Waals surface area contributed by atoms with Gasteiger partial charge in [0.2, 0.25) is 0 Å².